The zero-order valence-electron chi connectivity index (χ0n) is 8.97. The third-order valence-corrected chi connectivity index (χ3v) is 2.53. The fraction of sp³-hybridized carbons (Fsp3) is 1.00. The van der Waals surface area contributed by atoms with Crippen LogP contribution in [0.25, 0.3) is 0 Å². The van der Waals surface area contributed by atoms with Gasteiger partial charge in [0.15, 0.2) is 0 Å². The Morgan fingerprint density at radius 3 is 2.00 bits per heavy atom. The third-order valence-electron chi connectivity index (χ3n) is 2.53. The summed E-state index contributed by atoms with van der Waals surface area (Å²) in [4.78, 5) is 0. The fourth-order valence-corrected chi connectivity index (χ4v) is 2.09. The van der Waals surface area contributed by atoms with E-state index in [1.807, 2.05) is 0 Å². The first-order valence-corrected chi connectivity index (χ1v) is 5.37. The van der Waals surface area contributed by atoms with Gasteiger partial charge in [-0.1, -0.05) is 46.0 Å². The van der Waals surface area contributed by atoms with Crippen molar-refractivity contribution in [3.63, 3.8) is 0 Å². The SMILES string of the molecule is CC(C)CC1CCCCC1.CN. The molecular weight excluding hydrogens is 146 g/mol. The minimum atomic E-state index is 0.920. The lowest BCUT2D eigenvalue weighted by Gasteiger charge is -2.22. The highest BCUT2D eigenvalue weighted by molar-refractivity contribution is 4.66. The van der Waals surface area contributed by atoms with E-state index in [9.17, 15) is 0 Å². The van der Waals surface area contributed by atoms with Crippen LogP contribution in [0.2, 0.25) is 0 Å². The molecule has 2 N–H and O–H groups in total. The first-order chi connectivity index (χ1) is 5.79. The van der Waals surface area contributed by atoms with Crippen LogP contribution in [0, 0.1) is 11.8 Å². The van der Waals surface area contributed by atoms with Crippen molar-refractivity contribution >= 4 is 0 Å². The van der Waals surface area contributed by atoms with E-state index >= 15 is 0 Å². The zero-order valence-corrected chi connectivity index (χ0v) is 8.97. The molecule has 0 aromatic carbocycles. The van der Waals surface area contributed by atoms with Gasteiger partial charge in [-0.15, -0.1) is 0 Å². The highest BCUT2D eigenvalue weighted by Crippen LogP contribution is 2.28. The van der Waals surface area contributed by atoms with Crippen LogP contribution in [-0.4, -0.2) is 7.05 Å². The Balaban J connectivity index is 0.000000561. The van der Waals surface area contributed by atoms with Crippen molar-refractivity contribution in [2.75, 3.05) is 7.05 Å². The topological polar surface area (TPSA) is 26.0 Å². The van der Waals surface area contributed by atoms with E-state index < -0.39 is 0 Å². The molecule has 0 aliphatic heterocycles. The molecule has 1 nitrogen and oxygen atoms in total. The monoisotopic (exact) mass is 171 g/mol. The normalized spacial score (nSPS) is 18.8. The molecule has 0 aromatic rings. The van der Waals surface area contributed by atoms with Gasteiger partial charge in [0.25, 0.3) is 0 Å². The first kappa shape index (κ1) is 12.0. The molecule has 0 saturated heterocycles. The van der Waals surface area contributed by atoms with E-state index in [2.05, 4.69) is 19.6 Å². The van der Waals surface area contributed by atoms with E-state index in [1.165, 1.54) is 45.6 Å². The summed E-state index contributed by atoms with van der Waals surface area (Å²) in [5.74, 6) is 2.00. The second kappa shape index (κ2) is 7.60. The van der Waals surface area contributed by atoms with Crippen LogP contribution in [0.3, 0.4) is 0 Å². The molecule has 12 heavy (non-hydrogen) atoms. The quantitative estimate of drug-likeness (QED) is 0.678. The molecule has 74 valence electrons. The Labute approximate surface area is 77.7 Å². The molecule has 0 bridgehead atoms. The smallest absolute Gasteiger partial charge is 0.0195 e. The molecular formula is C11H25N. The van der Waals surface area contributed by atoms with Crippen molar-refractivity contribution in [3.05, 3.63) is 0 Å². The van der Waals surface area contributed by atoms with Gasteiger partial charge < -0.3 is 5.73 Å². The molecule has 0 spiro atoms. The maximum absolute atomic E-state index is 4.50. The molecule has 1 saturated carbocycles. The highest BCUT2D eigenvalue weighted by atomic mass is 14.4. The average Bonchev–Trinajstić information content (AvgIpc) is 2.08. The minimum absolute atomic E-state index is 0.920. The van der Waals surface area contributed by atoms with Crippen LogP contribution >= 0.6 is 0 Å². The lowest BCUT2D eigenvalue weighted by Crippen LogP contribution is -2.08. The summed E-state index contributed by atoms with van der Waals surface area (Å²) in [6, 6.07) is 0. The predicted octanol–water partition coefficient (Wildman–Crippen LogP) is 3.19. The van der Waals surface area contributed by atoms with Gasteiger partial charge in [0, 0.05) is 0 Å². The molecule has 0 amide bonds. The number of hydrogen-bond acceptors (Lipinski definition) is 1. The average molecular weight is 171 g/mol. The van der Waals surface area contributed by atoms with E-state index in [-0.39, 0.29) is 0 Å². The van der Waals surface area contributed by atoms with E-state index in [4.69, 9.17) is 0 Å². The van der Waals surface area contributed by atoms with Crippen LogP contribution < -0.4 is 5.73 Å². The molecule has 1 fully saturated rings. The summed E-state index contributed by atoms with van der Waals surface area (Å²) in [5, 5.41) is 0. The molecule has 0 atom stereocenters. The third kappa shape index (κ3) is 5.59. The molecule has 1 aliphatic rings. The van der Waals surface area contributed by atoms with Crippen molar-refractivity contribution in [2.24, 2.45) is 17.6 Å². The fourth-order valence-electron chi connectivity index (χ4n) is 2.09. The molecule has 0 heterocycles. The Morgan fingerprint density at radius 1 is 1.08 bits per heavy atom. The number of hydrogen-bond donors (Lipinski definition) is 1. The lowest BCUT2D eigenvalue weighted by atomic mass is 9.84. The van der Waals surface area contributed by atoms with Crippen LogP contribution in [0.15, 0.2) is 0 Å². The molecule has 1 heteroatoms. The van der Waals surface area contributed by atoms with E-state index in [0.717, 1.165) is 11.8 Å². The molecule has 0 unspecified atom stereocenters. The van der Waals surface area contributed by atoms with Gasteiger partial charge in [-0.25, -0.2) is 0 Å². The van der Waals surface area contributed by atoms with Gasteiger partial charge in [0.05, 0.1) is 0 Å². The second-order valence-electron chi connectivity index (χ2n) is 4.13. The predicted molar refractivity (Wildman–Crippen MR) is 56.1 cm³/mol. The van der Waals surface area contributed by atoms with Crippen molar-refractivity contribution in [3.8, 4) is 0 Å². The molecule has 1 aliphatic carbocycles. The van der Waals surface area contributed by atoms with Gasteiger partial charge in [-0.2, -0.15) is 0 Å². The maximum atomic E-state index is 4.50. The number of rotatable bonds is 2. The van der Waals surface area contributed by atoms with Crippen LogP contribution in [0.4, 0.5) is 0 Å². The Kier molecular flexibility index (Phi) is 7.58. The Bertz CT molecular complexity index is 83.0. The van der Waals surface area contributed by atoms with Crippen molar-refractivity contribution < 1.29 is 0 Å². The van der Waals surface area contributed by atoms with E-state index in [0.29, 0.717) is 0 Å². The minimum Gasteiger partial charge on any atom is -0.333 e. The van der Waals surface area contributed by atoms with Crippen molar-refractivity contribution in [1.29, 1.82) is 0 Å². The first-order valence-electron chi connectivity index (χ1n) is 5.37. The highest BCUT2D eigenvalue weighted by Gasteiger charge is 2.13. The number of nitrogens with two attached hydrogens (primary N) is 1. The van der Waals surface area contributed by atoms with Gasteiger partial charge in [0.2, 0.25) is 0 Å². The molecule has 0 aromatic heterocycles. The van der Waals surface area contributed by atoms with Crippen LogP contribution in [-0.2, 0) is 0 Å². The maximum Gasteiger partial charge on any atom is -0.0195 e. The standard InChI is InChI=1S/C10H20.CH5N/c1-9(2)8-10-6-4-3-5-7-10;1-2/h9-10H,3-8H2,1-2H3;2H2,1H3. The summed E-state index contributed by atoms with van der Waals surface area (Å²) < 4.78 is 0. The zero-order chi connectivity index (χ0) is 9.40. The van der Waals surface area contributed by atoms with Crippen molar-refractivity contribution in [2.45, 2.75) is 52.4 Å². The molecule has 1 rings (SSSR count). The summed E-state index contributed by atoms with van der Waals surface area (Å²) in [6.07, 6.45) is 8.99. The molecule has 0 radical (unpaired) electrons. The second-order valence-corrected chi connectivity index (χ2v) is 4.13. The summed E-state index contributed by atoms with van der Waals surface area (Å²) in [5.41, 5.74) is 4.50. The van der Waals surface area contributed by atoms with Gasteiger partial charge in [-0.05, 0) is 25.3 Å². The summed E-state index contributed by atoms with van der Waals surface area (Å²) in [6.45, 7) is 4.68. The van der Waals surface area contributed by atoms with Crippen LogP contribution in [0.5, 0.6) is 0 Å². The summed E-state index contributed by atoms with van der Waals surface area (Å²) >= 11 is 0. The Hall–Kier alpha value is -0.0400. The van der Waals surface area contributed by atoms with Gasteiger partial charge in [0.1, 0.15) is 0 Å². The van der Waals surface area contributed by atoms with Gasteiger partial charge in [-0.3, -0.25) is 0 Å². The largest absolute Gasteiger partial charge is 0.333 e. The Morgan fingerprint density at radius 2 is 1.58 bits per heavy atom. The van der Waals surface area contributed by atoms with Crippen LogP contribution in [0.1, 0.15) is 52.4 Å². The van der Waals surface area contributed by atoms with Crippen molar-refractivity contribution in [1.82, 2.24) is 0 Å². The van der Waals surface area contributed by atoms with E-state index in [1.54, 1.807) is 0 Å². The lowest BCUT2D eigenvalue weighted by molar-refractivity contribution is 0.305. The summed E-state index contributed by atoms with van der Waals surface area (Å²) in [7, 11) is 1.50. The van der Waals surface area contributed by atoms with Gasteiger partial charge >= 0.3 is 0 Å².